The van der Waals surface area contributed by atoms with Crippen molar-refractivity contribution in [1.29, 1.82) is 0 Å². The quantitative estimate of drug-likeness (QED) is 0.770. The van der Waals surface area contributed by atoms with Gasteiger partial charge in [0.05, 0.1) is 13.2 Å². The van der Waals surface area contributed by atoms with Crippen molar-refractivity contribution in [1.82, 2.24) is 5.32 Å². The van der Waals surface area contributed by atoms with Crippen LogP contribution in [0.5, 0.6) is 5.75 Å². The number of aliphatic hydroxyl groups excluding tert-OH is 1. The highest BCUT2D eigenvalue weighted by molar-refractivity contribution is 7.07. The molecule has 0 fully saturated rings. The molecule has 1 aromatic heterocycles. The van der Waals surface area contributed by atoms with Crippen LogP contribution in [0.2, 0.25) is 0 Å². The maximum Gasteiger partial charge on any atom is 0.126 e. The van der Waals surface area contributed by atoms with E-state index in [1.54, 1.807) is 18.4 Å². The first-order chi connectivity index (χ1) is 9.81. The summed E-state index contributed by atoms with van der Waals surface area (Å²) in [7, 11) is 1.67. The molecule has 0 amide bonds. The molecule has 0 spiro atoms. The number of thiophene rings is 1. The highest BCUT2D eigenvalue weighted by atomic mass is 32.1. The minimum atomic E-state index is -0.444. The summed E-state index contributed by atoms with van der Waals surface area (Å²) >= 11 is 1.60. The van der Waals surface area contributed by atoms with Gasteiger partial charge in [-0.05, 0) is 28.5 Å². The molecule has 0 aliphatic heterocycles. The van der Waals surface area contributed by atoms with E-state index in [9.17, 15) is 5.11 Å². The molecule has 2 rings (SSSR count). The lowest BCUT2D eigenvalue weighted by Crippen LogP contribution is -2.21. The molecule has 3 nitrogen and oxygen atoms in total. The van der Waals surface area contributed by atoms with Crippen molar-refractivity contribution in [3.8, 4) is 5.75 Å². The lowest BCUT2D eigenvalue weighted by atomic mass is 10.2. The first-order valence-corrected chi connectivity index (χ1v) is 7.46. The van der Waals surface area contributed by atoms with Crippen molar-refractivity contribution in [3.63, 3.8) is 0 Å². The molecule has 1 unspecified atom stereocenters. The van der Waals surface area contributed by atoms with Crippen LogP contribution >= 0.6 is 11.3 Å². The van der Waals surface area contributed by atoms with Crippen molar-refractivity contribution in [2.75, 3.05) is 20.2 Å². The zero-order valence-corrected chi connectivity index (χ0v) is 12.3. The summed E-state index contributed by atoms with van der Waals surface area (Å²) in [6.45, 7) is 1.26. The van der Waals surface area contributed by atoms with Crippen molar-refractivity contribution < 1.29 is 9.84 Å². The second-order valence-electron chi connectivity index (χ2n) is 4.38. The molecule has 1 aromatic carbocycles. The fraction of sp³-hybridized carbons (Fsp3) is 0.250. The van der Waals surface area contributed by atoms with Gasteiger partial charge in [-0.1, -0.05) is 30.4 Å². The highest BCUT2D eigenvalue weighted by Gasteiger charge is 2.05. The van der Waals surface area contributed by atoms with Crippen LogP contribution < -0.4 is 10.1 Å². The van der Waals surface area contributed by atoms with Gasteiger partial charge in [-0.15, -0.1) is 0 Å². The number of rotatable bonds is 7. The predicted octanol–water partition coefficient (Wildman–Crippen LogP) is 3.09. The van der Waals surface area contributed by atoms with Crippen LogP contribution in [0.4, 0.5) is 0 Å². The lowest BCUT2D eigenvalue weighted by molar-refractivity contribution is 0.177. The Morgan fingerprint density at radius 3 is 2.95 bits per heavy atom. The number of aliphatic hydroxyl groups is 1. The molecule has 106 valence electrons. The minimum Gasteiger partial charge on any atom is -0.496 e. The molecule has 20 heavy (non-hydrogen) atoms. The van der Waals surface area contributed by atoms with Gasteiger partial charge >= 0.3 is 0 Å². The molecule has 0 aliphatic rings. The second kappa shape index (κ2) is 7.85. The summed E-state index contributed by atoms with van der Waals surface area (Å²) in [6, 6.07) is 9.83. The normalized spacial score (nSPS) is 12.7. The summed E-state index contributed by atoms with van der Waals surface area (Å²) < 4.78 is 5.28. The van der Waals surface area contributed by atoms with Crippen LogP contribution in [0.1, 0.15) is 17.2 Å². The van der Waals surface area contributed by atoms with E-state index in [4.69, 9.17) is 4.74 Å². The third-order valence-corrected chi connectivity index (χ3v) is 3.67. The van der Waals surface area contributed by atoms with Gasteiger partial charge in [-0.25, -0.2) is 0 Å². The third kappa shape index (κ3) is 4.20. The zero-order valence-electron chi connectivity index (χ0n) is 11.5. The fourth-order valence-electron chi connectivity index (χ4n) is 1.88. The number of hydrogen-bond acceptors (Lipinski definition) is 4. The lowest BCUT2D eigenvalue weighted by Gasteiger charge is -2.09. The van der Waals surface area contributed by atoms with Crippen molar-refractivity contribution in [2.45, 2.75) is 6.10 Å². The number of methoxy groups -OCH3 is 1. The maximum atomic E-state index is 9.91. The van der Waals surface area contributed by atoms with Gasteiger partial charge in [-0.3, -0.25) is 0 Å². The third-order valence-electron chi connectivity index (χ3n) is 2.96. The molecule has 0 aliphatic carbocycles. The van der Waals surface area contributed by atoms with E-state index in [0.717, 1.165) is 16.9 Å². The fourth-order valence-corrected chi connectivity index (χ4v) is 2.58. The van der Waals surface area contributed by atoms with E-state index in [1.165, 1.54) is 0 Å². The van der Waals surface area contributed by atoms with Gasteiger partial charge in [0.25, 0.3) is 0 Å². The second-order valence-corrected chi connectivity index (χ2v) is 5.16. The average Bonchev–Trinajstić information content (AvgIpc) is 3.01. The Morgan fingerprint density at radius 2 is 2.20 bits per heavy atom. The van der Waals surface area contributed by atoms with E-state index in [2.05, 4.69) is 5.32 Å². The molecule has 1 heterocycles. The molecular weight excluding hydrogens is 270 g/mol. The summed E-state index contributed by atoms with van der Waals surface area (Å²) in [6.07, 6.45) is 3.60. The van der Waals surface area contributed by atoms with Crippen molar-refractivity contribution >= 4 is 17.4 Å². The topological polar surface area (TPSA) is 41.5 Å². The van der Waals surface area contributed by atoms with Crippen LogP contribution in [0.3, 0.4) is 0 Å². The van der Waals surface area contributed by atoms with Gasteiger partial charge in [-0.2, -0.15) is 11.3 Å². The minimum absolute atomic E-state index is 0.444. The Labute approximate surface area is 123 Å². The van der Waals surface area contributed by atoms with Crippen LogP contribution in [-0.4, -0.2) is 25.3 Å². The first-order valence-electron chi connectivity index (χ1n) is 6.51. The monoisotopic (exact) mass is 289 g/mol. The Kier molecular flexibility index (Phi) is 5.80. The summed E-state index contributed by atoms with van der Waals surface area (Å²) in [4.78, 5) is 0. The van der Waals surface area contributed by atoms with E-state index in [-0.39, 0.29) is 0 Å². The van der Waals surface area contributed by atoms with Crippen molar-refractivity contribution in [2.24, 2.45) is 0 Å². The van der Waals surface area contributed by atoms with Gasteiger partial charge in [0.1, 0.15) is 5.75 Å². The Balaban J connectivity index is 1.77. The summed E-state index contributed by atoms with van der Waals surface area (Å²) in [5.74, 6) is 0.863. The molecule has 0 radical (unpaired) electrons. The molecule has 2 N–H and O–H groups in total. The number of para-hydroxylation sites is 1. The summed E-state index contributed by atoms with van der Waals surface area (Å²) in [5.41, 5.74) is 2.02. The maximum absolute atomic E-state index is 9.91. The molecular formula is C16H19NO2S. The van der Waals surface area contributed by atoms with Gasteiger partial charge in [0, 0.05) is 18.7 Å². The van der Waals surface area contributed by atoms with E-state index >= 15 is 0 Å². The molecule has 2 aromatic rings. The number of benzene rings is 1. The Bertz CT molecular complexity index is 537. The number of nitrogens with one attached hydrogen (secondary N) is 1. The van der Waals surface area contributed by atoms with Crippen LogP contribution in [-0.2, 0) is 0 Å². The average molecular weight is 289 g/mol. The van der Waals surface area contributed by atoms with E-state index < -0.39 is 6.10 Å². The Morgan fingerprint density at radius 1 is 1.35 bits per heavy atom. The van der Waals surface area contributed by atoms with Crippen LogP contribution in [0.25, 0.3) is 6.08 Å². The van der Waals surface area contributed by atoms with E-state index in [1.807, 2.05) is 53.2 Å². The molecule has 0 bridgehead atoms. The SMILES string of the molecule is COc1ccccc1C=CCNCC(O)c1ccsc1. The smallest absolute Gasteiger partial charge is 0.126 e. The van der Waals surface area contributed by atoms with Gasteiger partial charge in [0.15, 0.2) is 0 Å². The van der Waals surface area contributed by atoms with Crippen LogP contribution in [0.15, 0.2) is 47.2 Å². The molecule has 0 saturated carbocycles. The number of ether oxygens (including phenoxy) is 1. The number of hydrogen-bond donors (Lipinski definition) is 2. The van der Waals surface area contributed by atoms with Gasteiger partial charge < -0.3 is 15.2 Å². The standard InChI is InChI=1S/C16H19NO2S/c1-19-16-7-3-2-5-13(16)6-4-9-17-11-15(18)14-8-10-20-12-14/h2-8,10,12,15,17-18H,9,11H2,1H3. The Hall–Kier alpha value is -1.62. The van der Waals surface area contributed by atoms with Crippen LogP contribution in [0, 0.1) is 0 Å². The predicted molar refractivity (Wildman–Crippen MR) is 84.2 cm³/mol. The first kappa shape index (κ1) is 14.8. The van der Waals surface area contributed by atoms with Gasteiger partial charge in [0.2, 0.25) is 0 Å². The molecule has 0 saturated heterocycles. The molecule has 1 atom stereocenters. The largest absolute Gasteiger partial charge is 0.496 e. The van der Waals surface area contributed by atoms with Crippen molar-refractivity contribution in [3.05, 3.63) is 58.3 Å². The zero-order chi connectivity index (χ0) is 14.2. The molecule has 4 heteroatoms. The summed E-state index contributed by atoms with van der Waals surface area (Å²) in [5, 5.41) is 17.1. The van der Waals surface area contributed by atoms with E-state index in [0.29, 0.717) is 13.1 Å². The highest BCUT2D eigenvalue weighted by Crippen LogP contribution is 2.18.